The number of amides is 2. The summed E-state index contributed by atoms with van der Waals surface area (Å²) in [5.41, 5.74) is 0. The first kappa shape index (κ1) is 9.92. The van der Waals surface area contributed by atoms with Crippen LogP contribution in [-0.4, -0.2) is 35.8 Å². The van der Waals surface area contributed by atoms with Crippen LogP contribution in [0.4, 0.5) is 0 Å². The van der Waals surface area contributed by atoms with E-state index in [1.807, 2.05) is 0 Å². The predicted octanol–water partition coefficient (Wildman–Crippen LogP) is -1.02. The molecule has 2 amide bonds. The van der Waals surface area contributed by atoms with Crippen molar-refractivity contribution in [2.75, 3.05) is 13.2 Å². The van der Waals surface area contributed by atoms with Crippen molar-refractivity contribution in [2.45, 2.75) is 0 Å². The molecule has 6 nitrogen and oxygen atoms in total. The van der Waals surface area contributed by atoms with E-state index in [1.165, 1.54) is 0 Å². The highest BCUT2D eigenvalue weighted by molar-refractivity contribution is 6.14. The Kier molecular flexibility index (Phi) is 2.97. The molecular formula is C8H6N2O4. The van der Waals surface area contributed by atoms with Crippen LogP contribution in [0.15, 0.2) is 12.2 Å². The minimum absolute atomic E-state index is 0.386. The molecule has 0 saturated heterocycles. The number of imide groups is 1. The van der Waals surface area contributed by atoms with Crippen LogP contribution in [0.2, 0.25) is 0 Å². The van der Waals surface area contributed by atoms with Gasteiger partial charge in [0, 0.05) is 12.2 Å². The summed E-state index contributed by atoms with van der Waals surface area (Å²) >= 11 is 0. The number of esters is 1. The Morgan fingerprint density at radius 3 is 2.50 bits per heavy atom. The van der Waals surface area contributed by atoms with E-state index in [2.05, 4.69) is 4.74 Å². The molecule has 0 aromatic carbocycles. The van der Waals surface area contributed by atoms with Crippen LogP contribution in [0.25, 0.3) is 0 Å². The van der Waals surface area contributed by atoms with Gasteiger partial charge in [-0.05, 0) is 0 Å². The molecule has 1 heterocycles. The van der Waals surface area contributed by atoms with Crippen molar-refractivity contribution in [2.24, 2.45) is 0 Å². The van der Waals surface area contributed by atoms with Crippen molar-refractivity contribution >= 4 is 17.8 Å². The van der Waals surface area contributed by atoms with Gasteiger partial charge in [-0.3, -0.25) is 19.3 Å². The first-order chi connectivity index (χ1) is 6.65. The molecular weight excluding hydrogens is 188 g/mol. The quantitative estimate of drug-likeness (QED) is 0.423. The van der Waals surface area contributed by atoms with E-state index >= 15 is 0 Å². The summed E-state index contributed by atoms with van der Waals surface area (Å²) in [6.45, 7) is -0.838. The normalized spacial score (nSPS) is 14.4. The van der Waals surface area contributed by atoms with Gasteiger partial charge in [-0.2, -0.15) is 5.26 Å². The van der Waals surface area contributed by atoms with E-state index in [1.54, 1.807) is 6.07 Å². The van der Waals surface area contributed by atoms with Crippen LogP contribution in [0.3, 0.4) is 0 Å². The average Bonchev–Trinajstić information content (AvgIpc) is 2.46. The maximum absolute atomic E-state index is 10.9. The maximum atomic E-state index is 10.9. The first-order valence-corrected chi connectivity index (χ1v) is 3.71. The fraction of sp³-hybridized carbons (Fsp3) is 0.250. The van der Waals surface area contributed by atoms with Crippen LogP contribution >= 0.6 is 0 Å². The third kappa shape index (κ3) is 2.17. The van der Waals surface area contributed by atoms with Crippen LogP contribution in [0.1, 0.15) is 0 Å². The molecule has 0 aliphatic carbocycles. The minimum Gasteiger partial charge on any atom is -0.449 e. The molecule has 0 unspecified atom stereocenters. The summed E-state index contributed by atoms with van der Waals surface area (Å²) in [6, 6.07) is 1.60. The van der Waals surface area contributed by atoms with Crippen LogP contribution in [0, 0.1) is 11.3 Å². The Bertz CT molecular complexity index is 335. The number of carbonyl (C=O) groups is 3. The van der Waals surface area contributed by atoms with Crippen LogP contribution < -0.4 is 0 Å². The lowest BCUT2D eigenvalue weighted by Gasteiger charge is -2.11. The lowest BCUT2D eigenvalue weighted by Crippen LogP contribution is -2.35. The van der Waals surface area contributed by atoms with E-state index in [0.29, 0.717) is 0 Å². The van der Waals surface area contributed by atoms with Crippen molar-refractivity contribution in [1.29, 1.82) is 5.26 Å². The number of nitriles is 1. The van der Waals surface area contributed by atoms with Gasteiger partial charge < -0.3 is 4.74 Å². The topological polar surface area (TPSA) is 87.5 Å². The molecule has 14 heavy (non-hydrogen) atoms. The Labute approximate surface area is 79.3 Å². The van der Waals surface area contributed by atoms with Crippen LogP contribution in [-0.2, 0) is 19.1 Å². The molecule has 6 heteroatoms. The van der Waals surface area contributed by atoms with Crippen molar-refractivity contribution < 1.29 is 19.1 Å². The Morgan fingerprint density at radius 2 is 2.00 bits per heavy atom. The summed E-state index contributed by atoms with van der Waals surface area (Å²) in [7, 11) is 0. The number of ether oxygens (including phenoxy) is 1. The summed E-state index contributed by atoms with van der Waals surface area (Å²) in [4.78, 5) is 33.5. The van der Waals surface area contributed by atoms with E-state index in [4.69, 9.17) is 5.26 Å². The molecule has 1 aliphatic heterocycles. The lowest BCUT2D eigenvalue weighted by atomic mass is 10.5. The predicted molar refractivity (Wildman–Crippen MR) is 42.4 cm³/mol. The summed E-state index contributed by atoms with van der Waals surface area (Å²) < 4.78 is 4.38. The van der Waals surface area contributed by atoms with Gasteiger partial charge >= 0.3 is 5.97 Å². The molecule has 72 valence electrons. The molecule has 0 aromatic rings. The largest absolute Gasteiger partial charge is 0.449 e. The summed E-state index contributed by atoms with van der Waals surface area (Å²) in [6.07, 6.45) is 2.14. The third-order valence-corrected chi connectivity index (χ3v) is 1.49. The fourth-order valence-electron chi connectivity index (χ4n) is 0.874. The van der Waals surface area contributed by atoms with Gasteiger partial charge in [0.05, 0.1) is 0 Å². The number of rotatable bonds is 3. The molecule has 1 rings (SSSR count). The van der Waals surface area contributed by atoms with Gasteiger partial charge in [-0.1, -0.05) is 0 Å². The molecule has 0 bridgehead atoms. The van der Waals surface area contributed by atoms with Crippen molar-refractivity contribution in [3.63, 3.8) is 0 Å². The molecule has 1 aliphatic rings. The minimum atomic E-state index is -0.781. The van der Waals surface area contributed by atoms with Crippen molar-refractivity contribution in [3.8, 4) is 6.07 Å². The monoisotopic (exact) mass is 194 g/mol. The van der Waals surface area contributed by atoms with E-state index < -0.39 is 24.3 Å². The molecule has 0 fully saturated rings. The summed E-state index contributed by atoms with van der Waals surface area (Å²) in [5.74, 6) is -1.88. The number of hydrogen-bond donors (Lipinski definition) is 0. The molecule has 0 radical (unpaired) electrons. The molecule has 0 saturated carbocycles. The van der Waals surface area contributed by atoms with Crippen molar-refractivity contribution in [3.05, 3.63) is 12.2 Å². The molecule has 0 atom stereocenters. The van der Waals surface area contributed by atoms with E-state index in [-0.39, 0.29) is 6.61 Å². The van der Waals surface area contributed by atoms with Gasteiger partial charge in [-0.15, -0.1) is 0 Å². The van der Waals surface area contributed by atoms with E-state index in [9.17, 15) is 14.4 Å². The second kappa shape index (κ2) is 4.18. The zero-order valence-corrected chi connectivity index (χ0v) is 7.10. The van der Waals surface area contributed by atoms with Crippen LogP contribution in [0.5, 0.6) is 0 Å². The first-order valence-electron chi connectivity index (χ1n) is 3.71. The number of carbonyl (C=O) groups excluding carboxylic acids is 3. The summed E-state index contributed by atoms with van der Waals surface area (Å²) in [5, 5.41) is 8.09. The molecule has 0 N–H and O–H groups in total. The Morgan fingerprint density at radius 1 is 1.43 bits per heavy atom. The van der Waals surface area contributed by atoms with Crippen molar-refractivity contribution in [1.82, 2.24) is 4.90 Å². The number of nitrogens with zero attached hydrogens (tertiary/aromatic N) is 2. The molecule has 0 spiro atoms. The fourth-order valence-corrected chi connectivity index (χ4v) is 0.874. The Balaban J connectivity index is 2.46. The maximum Gasteiger partial charge on any atom is 0.327 e. The SMILES string of the molecule is N#CCOC(=O)CN1C(=O)C=CC1=O. The van der Waals surface area contributed by atoms with Gasteiger partial charge in [0.15, 0.2) is 6.61 Å². The van der Waals surface area contributed by atoms with Gasteiger partial charge in [0.1, 0.15) is 12.6 Å². The van der Waals surface area contributed by atoms with E-state index in [0.717, 1.165) is 17.1 Å². The zero-order valence-electron chi connectivity index (χ0n) is 7.10. The molecule has 0 aromatic heterocycles. The standard InChI is InChI=1S/C8H6N2O4/c9-3-4-14-8(13)5-10-6(11)1-2-7(10)12/h1-2H,4-5H2. The smallest absolute Gasteiger partial charge is 0.327 e. The second-order valence-electron chi connectivity index (χ2n) is 2.41. The third-order valence-electron chi connectivity index (χ3n) is 1.49. The highest BCUT2D eigenvalue weighted by atomic mass is 16.5. The lowest BCUT2D eigenvalue weighted by molar-refractivity contribution is -0.150. The zero-order chi connectivity index (χ0) is 10.6. The van der Waals surface area contributed by atoms with Gasteiger partial charge in [0.25, 0.3) is 11.8 Å². The Hall–Kier alpha value is -2.16. The highest BCUT2D eigenvalue weighted by Crippen LogP contribution is 2.02. The van der Waals surface area contributed by atoms with Gasteiger partial charge in [-0.25, -0.2) is 0 Å². The highest BCUT2D eigenvalue weighted by Gasteiger charge is 2.25. The average molecular weight is 194 g/mol. The number of hydrogen-bond acceptors (Lipinski definition) is 5. The second-order valence-corrected chi connectivity index (χ2v) is 2.41. The van der Waals surface area contributed by atoms with Gasteiger partial charge in [0.2, 0.25) is 0 Å².